The third-order valence-electron chi connectivity index (χ3n) is 23.4. The maximum atomic E-state index is 13.9. The highest BCUT2D eigenvalue weighted by Gasteiger charge is 2.60. The third-order valence-corrected chi connectivity index (χ3v) is 26.7. The smallest absolute Gasteiger partial charge is 0.187 e. The predicted octanol–water partition coefficient (Wildman–Crippen LogP) is 19.0. The van der Waals surface area contributed by atoms with Crippen molar-refractivity contribution in [3.05, 3.63) is 392 Å². The van der Waals surface area contributed by atoms with Crippen molar-refractivity contribution in [3.63, 3.8) is 0 Å². The Bertz CT molecular complexity index is 5090. The largest absolute Gasteiger partial charge is 0.387 e. The van der Waals surface area contributed by atoms with Gasteiger partial charge in [0.2, 0.25) is 0 Å². The molecule has 21 atom stereocenters. The maximum absolute atomic E-state index is 13.9. The summed E-state index contributed by atoms with van der Waals surface area (Å²) in [5.41, 5.74) is 14.3. The third kappa shape index (κ3) is 28.2. The first-order chi connectivity index (χ1) is 65.0. The van der Waals surface area contributed by atoms with Gasteiger partial charge in [-0.3, -0.25) is 0 Å². The van der Waals surface area contributed by atoms with Crippen molar-refractivity contribution >= 4 is 58.3 Å². The van der Waals surface area contributed by atoms with E-state index in [4.69, 9.17) is 131 Å². The molecule has 132 heavy (non-hydrogen) atoms. The second-order valence-electron chi connectivity index (χ2n) is 33.0. The fourth-order valence-electron chi connectivity index (χ4n) is 16.6. The summed E-state index contributed by atoms with van der Waals surface area (Å²) >= 11 is 22.5. The number of aliphatic hydroxyl groups excluding tert-OH is 1. The van der Waals surface area contributed by atoms with Crippen molar-refractivity contribution in [2.45, 2.75) is 200 Å². The Hall–Kier alpha value is -7.85. The Morgan fingerprint density at radius 1 is 0.318 bits per heavy atom. The molecule has 0 spiro atoms. The summed E-state index contributed by atoms with van der Waals surface area (Å²) in [6.07, 6.45) is -20.5. The lowest BCUT2D eigenvalue weighted by Crippen LogP contribution is -2.68. The van der Waals surface area contributed by atoms with Crippen LogP contribution in [-0.2, 0) is 156 Å². The van der Waals surface area contributed by atoms with E-state index in [0.717, 1.165) is 72.7 Å². The normalized spacial score (nSPS) is 26.6. The van der Waals surface area contributed by atoms with E-state index in [1.54, 1.807) is 36.0 Å². The molecular weight excluding hydrogens is 1780 g/mol. The monoisotopic (exact) mass is 1890 g/mol. The average molecular weight is 1890 g/mol. The van der Waals surface area contributed by atoms with Gasteiger partial charge in [-0.05, 0) is 104 Å². The molecule has 0 aromatic heterocycles. The molecule has 5 aliphatic heterocycles. The van der Waals surface area contributed by atoms with E-state index in [0.29, 0.717) is 28.0 Å². The molecule has 26 heteroatoms. The van der Waals surface area contributed by atoms with E-state index >= 15 is 0 Å². The first-order valence-electron chi connectivity index (χ1n) is 45.1. The van der Waals surface area contributed by atoms with E-state index in [1.807, 2.05) is 291 Å². The highest BCUT2D eigenvalue weighted by atomic mass is 35.5. The van der Waals surface area contributed by atoms with Crippen LogP contribution in [0.3, 0.4) is 0 Å². The molecule has 11 aromatic carbocycles. The number of rotatable bonds is 47. The fourth-order valence-corrected chi connectivity index (χ4v) is 19.2. The van der Waals surface area contributed by atoms with Crippen molar-refractivity contribution in [1.29, 1.82) is 0 Å². The Morgan fingerprint density at radius 3 is 1.07 bits per heavy atom. The van der Waals surface area contributed by atoms with Crippen LogP contribution in [0.1, 0.15) is 73.9 Å². The van der Waals surface area contributed by atoms with Crippen molar-refractivity contribution in [1.82, 2.24) is 0 Å². The Kier molecular flexibility index (Phi) is 37.8. The van der Waals surface area contributed by atoms with Crippen LogP contribution in [0.2, 0.25) is 15.1 Å². The minimum atomic E-state index is -1.53. The summed E-state index contributed by atoms with van der Waals surface area (Å²) in [5, 5.41) is 14.5. The fraction of sp³-hybridized carbons (Fsp3) is 0.377. The molecule has 5 heterocycles. The van der Waals surface area contributed by atoms with Crippen LogP contribution < -0.4 is 5.73 Å². The second kappa shape index (κ2) is 51.4. The Balaban J connectivity index is 0.856. The van der Waals surface area contributed by atoms with Gasteiger partial charge in [-0.2, -0.15) is 11.8 Å². The minimum absolute atomic E-state index is 0.00162. The van der Waals surface area contributed by atoms with Crippen molar-refractivity contribution in [2.75, 3.05) is 51.1 Å². The lowest BCUT2D eigenvalue weighted by molar-refractivity contribution is -0.402. The van der Waals surface area contributed by atoms with E-state index in [9.17, 15) is 5.11 Å². The predicted molar refractivity (Wildman–Crippen MR) is 507 cm³/mol. The number of hydrogen-bond donors (Lipinski definition) is 2. The lowest BCUT2D eigenvalue weighted by atomic mass is 9.95. The van der Waals surface area contributed by atoms with E-state index < -0.39 is 127 Å². The van der Waals surface area contributed by atoms with Crippen LogP contribution in [-0.4, -0.2) is 177 Å². The molecule has 0 unspecified atom stereocenters. The standard InChI is InChI=1S/C106H114Cl3NO20S2/c107-83-48-42-79(43-49-83)60-114-70-88-91(116-66-80-44-50-84(108)51-45-80)95(119-67-81-46-52-85(109)53-47-81)90(111)106(127-88)132-101-98(122-65-78-38-21-7-22-39-78)94-89(71-123-102(128-94)82-40-23-8-24-41-82)126-105(101)130-100-97(121-64-77-36-19-6-20-37-77)93(118-62-75-32-15-4-16-33-75)87(69-113-59-73-28-11-2-12-29-73)125-104(100)129-99-96(120-63-76-34-17-5-18-35-76)92(117-61-74-30-13-3-14-31-74)86(68-112-58-72-26-9-1-10-27-72)124-103(99)115-55-25-56-131-57-54-110/h1-24,26-53,86-106,111H,25,54-71,110H2/t86-,87-,88-,89-,90+,91-,92-,93-,94-,95-,96+,97+,98+,99+,100+,101+,102-,103-,104+,105+,106+/m1/s1. The number of nitrogens with two attached hydrogens (primary N) is 1. The number of halogens is 3. The van der Waals surface area contributed by atoms with Gasteiger partial charge in [0, 0.05) is 32.9 Å². The molecular formula is C106H114Cl3NO20S2. The van der Waals surface area contributed by atoms with Gasteiger partial charge in [0.25, 0.3) is 0 Å². The molecule has 21 nitrogen and oxygen atoms in total. The van der Waals surface area contributed by atoms with Crippen molar-refractivity contribution in [2.24, 2.45) is 5.73 Å². The number of thioether (sulfide) groups is 2. The number of aliphatic hydroxyl groups is 1. The molecule has 16 rings (SSSR count). The quantitative estimate of drug-likeness (QED) is 0.0338. The van der Waals surface area contributed by atoms with Crippen LogP contribution in [0.25, 0.3) is 0 Å². The minimum Gasteiger partial charge on any atom is -0.387 e. The second-order valence-corrected chi connectivity index (χ2v) is 36.8. The summed E-state index contributed by atoms with van der Waals surface area (Å²) in [6.45, 7) is 1.89. The highest BCUT2D eigenvalue weighted by molar-refractivity contribution is 8.00. The molecule has 5 fully saturated rings. The molecule has 5 aliphatic rings. The number of ether oxygens (including phenoxy) is 19. The van der Waals surface area contributed by atoms with Crippen molar-refractivity contribution in [3.8, 4) is 0 Å². The summed E-state index contributed by atoms with van der Waals surface area (Å²) in [6, 6.07) is 102. The lowest BCUT2D eigenvalue weighted by Gasteiger charge is -2.53. The van der Waals surface area contributed by atoms with Crippen LogP contribution in [0.4, 0.5) is 0 Å². The van der Waals surface area contributed by atoms with Crippen LogP contribution in [0, 0.1) is 0 Å². The first kappa shape index (κ1) is 97.2. The highest BCUT2D eigenvalue weighted by Crippen LogP contribution is 2.47. The molecule has 0 saturated carbocycles. The van der Waals surface area contributed by atoms with Crippen LogP contribution >= 0.6 is 58.3 Å². The molecule has 0 aliphatic carbocycles. The van der Waals surface area contributed by atoms with Gasteiger partial charge in [0.1, 0.15) is 97.0 Å². The van der Waals surface area contributed by atoms with Gasteiger partial charge in [-0.1, -0.05) is 314 Å². The van der Waals surface area contributed by atoms with Gasteiger partial charge in [0.05, 0.1) is 104 Å². The Morgan fingerprint density at radius 2 is 0.652 bits per heavy atom. The van der Waals surface area contributed by atoms with E-state index in [1.165, 1.54) is 11.8 Å². The number of fused-ring (bicyclic) bond motifs is 1. The summed E-state index contributed by atoms with van der Waals surface area (Å²) in [7, 11) is 0. The molecule has 0 radical (unpaired) electrons. The average Bonchev–Trinajstić information content (AvgIpc) is 0.750. The maximum Gasteiger partial charge on any atom is 0.187 e. The topological polar surface area (TPSA) is 222 Å². The van der Waals surface area contributed by atoms with Gasteiger partial charge < -0.3 is 101 Å². The van der Waals surface area contributed by atoms with Gasteiger partial charge in [-0.25, -0.2) is 0 Å². The number of hydrogen-bond acceptors (Lipinski definition) is 23. The molecule has 5 saturated heterocycles. The first-order valence-corrected chi connectivity index (χ1v) is 48.3. The molecule has 11 aromatic rings. The molecule has 0 amide bonds. The van der Waals surface area contributed by atoms with Gasteiger partial charge >= 0.3 is 0 Å². The zero-order valence-electron chi connectivity index (χ0n) is 73.3. The summed E-state index contributed by atoms with van der Waals surface area (Å²) in [4.78, 5) is 0. The van der Waals surface area contributed by atoms with Gasteiger partial charge in [-0.15, -0.1) is 11.8 Å². The van der Waals surface area contributed by atoms with E-state index in [2.05, 4.69) is 0 Å². The Labute approximate surface area is 796 Å². The van der Waals surface area contributed by atoms with Gasteiger partial charge in [0.15, 0.2) is 25.2 Å². The molecule has 696 valence electrons. The van der Waals surface area contributed by atoms with Crippen LogP contribution in [0.15, 0.2) is 315 Å². The number of benzene rings is 11. The molecule has 0 bridgehead atoms. The zero-order valence-corrected chi connectivity index (χ0v) is 77.2. The van der Waals surface area contributed by atoms with Crippen LogP contribution in [0.5, 0.6) is 0 Å². The SMILES string of the molecule is NCCSCCCO[C@@H]1O[C@H](COCc2ccccc2)[C@@H](OCc2ccccc2)[C@H](OCc2ccccc2)[C@@H]1O[C@@H]1O[C@H](COCc2ccccc2)[C@@H](OCc2ccccc2)[C@H](OCc2ccccc2)[C@@H]1O[C@@H]1O[C@@H]2CO[C@@H](c3ccccc3)O[C@H]2[C@H](OCc2ccccc2)[C@@H]1S[C@@H]1O[C@H](COCc2ccc(Cl)cc2)[C@@H](OCc2ccc(Cl)cc2)[C@H](OCc2ccc(Cl)cc2)[C@@H]1O. The summed E-state index contributed by atoms with van der Waals surface area (Å²) < 4.78 is 140. The summed E-state index contributed by atoms with van der Waals surface area (Å²) in [5.74, 6) is 1.50. The zero-order chi connectivity index (χ0) is 90.3. The molecule has 3 N–H and O–H groups in total. The van der Waals surface area contributed by atoms with Crippen molar-refractivity contribution < 1.29 is 95.1 Å². The van der Waals surface area contributed by atoms with E-state index in [-0.39, 0.29) is 99.1 Å².